The Bertz CT molecular complexity index is 549. The highest BCUT2D eigenvalue weighted by atomic mass is 16.3. The molecule has 7 nitrogen and oxygen atoms in total. The first-order chi connectivity index (χ1) is 11.1. The van der Waals surface area contributed by atoms with Crippen molar-refractivity contribution in [2.24, 2.45) is 5.92 Å². The molecule has 0 aromatic carbocycles. The third kappa shape index (κ3) is 3.49. The summed E-state index contributed by atoms with van der Waals surface area (Å²) in [5.74, 6) is 2.04. The molecule has 2 unspecified atom stereocenters. The highest BCUT2D eigenvalue weighted by molar-refractivity contribution is 5.74. The molecule has 3 heterocycles. The first-order valence-electron chi connectivity index (χ1n) is 8.75. The minimum absolute atomic E-state index is 0.0199. The largest absolute Gasteiger partial charge is 0.393 e. The number of carbonyl (C=O) groups is 1. The second-order valence-corrected chi connectivity index (χ2v) is 6.67. The lowest BCUT2D eigenvalue weighted by Gasteiger charge is -2.34. The normalized spacial score (nSPS) is 23.4. The van der Waals surface area contributed by atoms with Crippen LogP contribution >= 0.6 is 0 Å². The van der Waals surface area contributed by atoms with E-state index >= 15 is 0 Å². The highest BCUT2D eigenvalue weighted by Crippen LogP contribution is 2.25. The van der Waals surface area contributed by atoms with Gasteiger partial charge in [-0.2, -0.15) is 5.10 Å². The maximum absolute atomic E-state index is 12.5. The van der Waals surface area contributed by atoms with Crippen molar-refractivity contribution in [3.8, 4) is 0 Å². The molecule has 23 heavy (non-hydrogen) atoms. The standard InChI is InChI=1S/C16H27N5O2/c1-3-14-18-15-13(5-4-8-21(15)19-14)17-16(23)20-9-6-12(7-10-20)11(2)22/h11-13,22H,3-10H2,1-2H3,(H,17,23). The number of aliphatic hydroxyl groups is 1. The summed E-state index contributed by atoms with van der Waals surface area (Å²) in [6.07, 6.45) is 4.18. The van der Waals surface area contributed by atoms with Crippen LogP contribution in [0.15, 0.2) is 0 Å². The molecule has 0 aliphatic carbocycles. The van der Waals surface area contributed by atoms with Crippen LogP contribution in [0.4, 0.5) is 4.79 Å². The summed E-state index contributed by atoms with van der Waals surface area (Å²) in [5.41, 5.74) is 0. The molecule has 2 aliphatic heterocycles. The number of carbonyl (C=O) groups excluding carboxylic acids is 1. The molecule has 0 saturated carbocycles. The average Bonchev–Trinajstić information content (AvgIpc) is 2.99. The quantitative estimate of drug-likeness (QED) is 0.883. The number of aromatic nitrogens is 3. The number of nitrogens with zero attached hydrogens (tertiary/aromatic N) is 4. The zero-order valence-corrected chi connectivity index (χ0v) is 14.0. The maximum atomic E-state index is 12.5. The smallest absolute Gasteiger partial charge is 0.317 e. The van der Waals surface area contributed by atoms with Crippen molar-refractivity contribution in [2.75, 3.05) is 13.1 Å². The molecule has 1 aromatic rings. The zero-order chi connectivity index (χ0) is 16.4. The lowest BCUT2D eigenvalue weighted by atomic mass is 9.92. The average molecular weight is 321 g/mol. The van der Waals surface area contributed by atoms with Crippen LogP contribution in [0.25, 0.3) is 0 Å². The number of aliphatic hydroxyl groups excluding tert-OH is 1. The number of rotatable bonds is 3. The number of hydrogen-bond acceptors (Lipinski definition) is 4. The van der Waals surface area contributed by atoms with Gasteiger partial charge in [-0.15, -0.1) is 0 Å². The van der Waals surface area contributed by atoms with E-state index in [2.05, 4.69) is 15.4 Å². The van der Waals surface area contributed by atoms with Crippen molar-refractivity contribution in [2.45, 2.75) is 64.6 Å². The Kier molecular flexibility index (Phi) is 4.84. The van der Waals surface area contributed by atoms with Crippen molar-refractivity contribution in [1.82, 2.24) is 25.0 Å². The molecule has 1 aromatic heterocycles. The van der Waals surface area contributed by atoms with Crippen LogP contribution in [-0.2, 0) is 13.0 Å². The lowest BCUT2D eigenvalue weighted by molar-refractivity contribution is 0.0790. The van der Waals surface area contributed by atoms with E-state index in [9.17, 15) is 9.90 Å². The van der Waals surface area contributed by atoms with E-state index in [1.165, 1.54) is 0 Å². The first-order valence-corrected chi connectivity index (χ1v) is 8.75. The second-order valence-electron chi connectivity index (χ2n) is 6.67. The van der Waals surface area contributed by atoms with Gasteiger partial charge in [0.1, 0.15) is 5.82 Å². The number of urea groups is 1. The van der Waals surface area contributed by atoms with Crippen LogP contribution < -0.4 is 5.32 Å². The van der Waals surface area contributed by atoms with Gasteiger partial charge in [-0.1, -0.05) is 6.92 Å². The highest BCUT2D eigenvalue weighted by Gasteiger charge is 2.29. The lowest BCUT2D eigenvalue weighted by Crippen LogP contribution is -2.47. The summed E-state index contributed by atoms with van der Waals surface area (Å²) in [6, 6.07) is -0.0629. The summed E-state index contributed by atoms with van der Waals surface area (Å²) in [4.78, 5) is 18.9. The van der Waals surface area contributed by atoms with Crippen LogP contribution in [0.1, 0.15) is 57.2 Å². The Labute approximate surface area is 137 Å². The molecule has 128 valence electrons. The summed E-state index contributed by atoms with van der Waals surface area (Å²) in [7, 11) is 0. The topological polar surface area (TPSA) is 83.3 Å². The molecule has 1 saturated heterocycles. The Balaban J connectivity index is 1.60. The van der Waals surface area contributed by atoms with Crippen molar-refractivity contribution in [1.29, 1.82) is 0 Å². The molecule has 0 radical (unpaired) electrons. The van der Waals surface area contributed by atoms with Crippen molar-refractivity contribution in [3.05, 3.63) is 11.6 Å². The third-order valence-corrected chi connectivity index (χ3v) is 5.04. The van der Waals surface area contributed by atoms with E-state index in [0.29, 0.717) is 19.0 Å². The summed E-state index contributed by atoms with van der Waals surface area (Å²) in [5, 5.41) is 17.3. The number of amides is 2. The third-order valence-electron chi connectivity index (χ3n) is 5.04. The van der Waals surface area contributed by atoms with Gasteiger partial charge in [0.25, 0.3) is 0 Å². The van der Waals surface area contributed by atoms with Gasteiger partial charge < -0.3 is 15.3 Å². The molecular weight excluding hydrogens is 294 g/mol. The maximum Gasteiger partial charge on any atom is 0.317 e. The Morgan fingerprint density at radius 3 is 2.74 bits per heavy atom. The number of aryl methyl sites for hydroxylation is 2. The zero-order valence-electron chi connectivity index (χ0n) is 14.0. The Morgan fingerprint density at radius 1 is 1.35 bits per heavy atom. The van der Waals surface area contributed by atoms with E-state index in [4.69, 9.17) is 0 Å². The minimum atomic E-state index is -0.287. The number of hydrogen-bond donors (Lipinski definition) is 2. The molecule has 0 spiro atoms. The molecule has 2 atom stereocenters. The number of likely N-dealkylation sites (tertiary alicyclic amines) is 1. The van der Waals surface area contributed by atoms with E-state index in [-0.39, 0.29) is 18.2 Å². The van der Waals surface area contributed by atoms with E-state index in [1.54, 1.807) is 0 Å². The van der Waals surface area contributed by atoms with Gasteiger partial charge in [0.05, 0.1) is 12.1 Å². The van der Waals surface area contributed by atoms with Crippen molar-refractivity contribution >= 4 is 6.03 Å². The molecule has 2 aliphatic rings. The SMILES string of the molecule is CCc1nc2n(n1)CCCC2NC(=O)N1CCC(C(C)O)CC1. The fraction of sp³-hybridized carbons (Fsp3) is 0.812. The van der Waals surface area contributed by atoms with Gasteiger partial charge in [-0.3, -0.25) is 0 Å². The van der Waals surface area contributed by atoms with Crippen LogP contribution in [0.3, 0.4) is 0 Å². The first kappa shape index (κ1) is 16.2. The van der Waals surface area contributed by atoms with Crippen molar-refractivity contribution in [3.63, 3.8) is 0 Å². The predicted octanol–water partition coefficient (Wildman–Crippen LogP) is 1.48. The van der Waals surface area contributed by atoms with Gasteiger partial charge in [-0.25, -0.2) is 14.5 Å². The molecule has 3 rings (SSSR count). The van der Waals surface area contributed by atoms with Crippen molar-refractivity contribution < 1.29 is 9.90 Å². The summed E-state index contributed by atoms with van der Waals surface area (Å²) < 4.78 is 1.94. The number of nitrogens with one attached hydrogen (secondary N) is 1. The van der Waals surface area contributed by atoms with E-state index in [1.807, 2.05) is 23.4 Å². The van der Waals surface area contributed by atoms with Gasteiger partial charge in [0.2, 0.25) is 0 Å². The Morgan fingerprint density at radius 2 is 2.09 bits per heavy atom. The second kappa shape index (κ2) is 6.86. The fourth-order valence-corrected chi connectivity index (χ4v) is 3.51. The summed E-state index contributed by atoms with van der Waals surface area (Å²) in [6.45, 7) is 6.18. The summed E-state index contributed by atoms with van der Waals surface area (Å²) >= 11 is 0. The Hall–Kier alpha value is -1.63. The van der Waals surface area contributed by atoms with Gasteiger partial charge >= 0.3 is 6.03 Å². The number of piperidine rings is 1. The van der Waals surface area contributed by atoms with Gasteiger partial charge in [0, 0.05) is 26.1 Å². The molecule has 7 heteroatoms. The minimum Gasteiger partial charge on any atom is -0.393 e. The molecule has 2 N–H and O–H groups in total. The fourth-order valence-electron chi connectivity index (χ4n) is 3.51. The van der Waals surface area contributed by atoms with Crippen LogP contribution in [-0.4, -0.2) is 50.0 Å². The molecular formula is C16H27N5O2. The van der Waals surface area contributed by atoms with Crippen LogP contribution in [0.5, 0.6) is 0 Å². The monoisotopic (exact) mass is 321 g/mol. The molecule has 0 bridgehead atoms. The van der Waals surface area contributed by atoms with Crippen LogP contribution in [0.2, 0.25) is 0 Å². The van der Waals surface area contributed by atoms with Gasteiger partial charge in [0.15, 0.2) is 5.82 Å². The van der Waals surface area contributed by atoms with E-state index in [0.717, 1.165) is 50.3 Å². The van der Waals surface area contributed by atoms with Gasteiger partial charge in [-0.05, 0) is 38.5 Å². The predicted molar refractivity (Wildman–Crippen MR) is 85.9 cm³/mol. The van der Waals surface area contributed by atoms with E-state index < -0.39 is 0 Å². The molecule has 2 amide bonds. The molecule has 1 fully saturated rings. The number of fused-ring (bicyclic) bond motifs is 1. The van der Waals surface area contributed by atoms with Crippen LogP contribution in [0, 0.1) is 5.92 Å².